The van der Waals surface area contributed by atoms with E-state index >= 15 is 0 Å². The highest BCUT2D eigenvalue weighted by Gasteiger charge is 2.36. The van der Waals surface area contributed by atoms with E-state index in [1.165, 1.54) is 21.0 Å². The van der Waals surface area contributed by atoms with Crippen molar-refractivity contribution in [3.05, 3.63) is 64.7 Å². The zero-order chi connectivity index (χ0) is 24.7. The highest BCUT2D eigenvalue weighted by molar-refractivity contribution is 7.89. The average molecular weight is 485 g/mol. The van der Waals surface area contributed by atoms with Crippen LogP contribution in [0.2, 0.25) is 0 Å². The predicted molar refractivity (Wildman–Crippen MR) is 134 cm³/mol. The van der Waals surface area contributed by atoms with Crippen LogP contribution in [-0.2, 0) is 20.2 Å². The number of nitrogens with zero attached hydrogens (tertiary/aromatic N) is 2. The van der Waals surface area contributed by atoms with Crippen LogP contribution in [0, 0.1) is 13.8 Å². The average Bonchev–Trinajstić information content (AvgIpc) is 3.30. The number of sulfonamides is 1. The lowest BCUT2D eigenvalue weighted by Gasteiger charge is -2.35. The van der Waals surface area contributed by atoms with Crippen LogP contribution >= 0.6 is 0 Å². The normalized spacial score (nSPS) is 22.2. The van der Waals surface area contributed by atoms with Gasteiger partial charge >= 0.3 is 0 Å². The van der Waals surface area contributed by atoms with Gasteiger partial charge in [0.05, 0.1) is 4.90 Å². The van der Waals surface area contributed by atoms with Crippen LogP contribution < -0.4 is 10.9 Å². The maximum Gasteiger partial charge on any atom is 0.243 e. The Bertz CT molecular complexity index is 1150. The lowest BCUT2D eigenvalue weighted by molar-refractivity contribution is -0.134. The molecule has 0 aromatic heterocycles. The van der Waals surface area contributed by atoms with Crippen molar-refractivity contribution in [2.75, 3.05) is 26.2 Å². The van der Waals surface area contributed by atoms with Crippen LogP contribution in [0.15, 0.2) is 47.4 Å². The smallest absolute Gasteiger partial charge is 0.243 e. The minimum absolute atomic E-state index is 0.0189. The number of nitrogens with one attached hydrogen (secondary N) is 2. The van der Waals surface area contributed by atoms with Crippen LogP contribution in [0.4, 0.5) is 0 Å². The molecule has 184 valence electrons. The van der Waals surface area contributed by atoms with Crippen molar-refractivity contribution in [2.24, 2.45) is 0 Å². The SMILES string of the molecule is Cc1ccc(C2CC(C(=O)N3CCN(S(=O)(=O)c4ccc(C(C)(C)C)cc4)CC3)NN2)cc1C. The summed E-state index contributed by atoms with van der Waals surface area (Å²) in [5.41, 5.74) is 11.1. The quantitative estimate of drug-likeness (QED) is 0.697. The first-order chi connectivity index (χ1) is 16.0. The highest BCUT2D eigenvalue weighted by atomic mass is 32.2. The number of hydrazine groups is 1. The van der Waals surface area contributed by atoms with E-state index in [2.05, 4.69) is 63.7 Å². The van der Waals surface area contributed by atoms with Gasteiger partial charge in [0.2, 0.25) is 15.9 Å². The van der Waals surface area contributed by atoms with Crippen molar-refractivity contribution in [2.45, 2.75) is 63.4 Å². The Morgan fingerprint density at radius 3 is 2.15 bits per heavy atom. The number of hydrogen-bond donors (Lipinski definition) is 2. The first-order valence-corrected chi connectivity index (χ1v) is 13.4. The Labute approximate surface area is 203 Å². The molecule has 0 aliphatic carbocycles. The number of carbonyl (C=O) groups excluding carboxylic acids is 1. The van der Waals surface area contributed by atoms with E-state index in [9.17, 15) is 13.2 Å². The zero-order valence-electron chi connectivity index (χ0n) is 20.8. The van der Waals surface area contributed by atoms with Gasteiger partial charge in [-0.2, -0.15) is 4.31 Å². The first kappa shape index (κ1) is 24.9. The van der Waals surface area contributed by atoms with E-state index in [1.807, 2.05) is 12.1 Å². The number of piperazine rings is 1. The summed E-state index contributed by atoms with van der Waals surface area (Å²) < 4.78 is 27.8. The number of rotatable bonds is 4. The molecule has 2 saturated heterocycles. The van der Waals surface area contributed by atoms with Crippen LogP contribution in [-0.4, -0.2) is 55.8 Å². The molecule has 2 atom stereocenters. The van der Waals surface area contributed by atoms with Crippen molar-refractivity contribution < 1.29 is 13.2 Å². The standard InChI is InChI=1S/C26H36N4O3S/c1-18-6-7-20(16-19(18)2)23-17-24(28-27-23)25(31)29-12-14-30(15-13-29)34(32,33)22-10-8-21(9-11-22)26(3,4)5/h6-11,16,23-24,27-28H,12-15,17H2,1-5H3. The van der Waals surface area contributed by atoms with E-state index in [1.54, 1.807) is 17.0 Å². The maximum absolute atomic E-state index is 13.1. The number of benzene rings is 2. The second-order valence-corrected chi connectivity index (χ2v) is 12.4. The molecule has 0 saturated carbocycles. The zero-order valence-corrected chi connectivity index (χ0v) is 21.6. The summed E-state index contributed by atoms with van der Waals surface area (Å²) in [4.78, 5) is 15.2. The van der Waals surface area contributed by atoms with Crippen molar-refractivity contribution in [3.8, 4) is 0 Å². The molecule has 8 heteroatoms. The molecular formula is C26H36N4O3S. The van der Waals surface area contributed by atoms with Crippen molar-refractivity contribution in [1.82, 2.24) is 20.1 Å². The number of hydrogen-bond acceptors (Lipinski definition) is 5. The second-order valence-electron chi connectivity index (χ2n) is 10.5. The van der Waals surface area contributed by atoms with E-state index in [0.29, 0.717) is 37.5 Å². The Kier molecular flexibility index (Phi) is 6.88. The third kappa shape index (κ3) is 5.05. The fourth-order valence-corrected chi connectivity index (χ4v) is 5.99. The third-order valence-electron chi connectivity index (χ3n) is 7.04. The maximum atomic E-state index is 13.1. The molecule has 2 aliphatic heterocycles. The van der Waals surface area contributed by atoms with Gasteiger partial charge in [-0.25, -0.2) is 19.3 Å². The molecule has 1 amide bonds. The molecule has 0 radical (unpaired) electrons. The van der Waals surface area contributed by atoms with Gasteiger partial charge in [-0.15, -0.1) is 0 Å². The van der Waals surface area contributed by atoms with Crippen LogP contribution in [0.1, 0.15) is 55.5 Å². The Morgan fingerprint density at radius 1 is 0.912 bits per heavy atom. The Balaban J connectivity index is 1.35. The molecule has 2 aliphatic rings. The molecule has 0 spiro atoms. The molecular weight excluding hydrogens is 448 g/mol. The Hall–Kier alpha value is -2.26. The number of amides is 1. The summed E-state index contributed by atoms with van der Waals surface area (Å²) in [5, 5.41) is 0. The van der Waals surface area contributed by atoms with Gasteiger partial charge in [-0.05, 0) is 60.1 Å². The molecule has 2 aromatic rings. The van der Waals surface area contributed by atoms with E-state index < -0.39 is 10.0 Å². The fraction of sp³-hybridized carbons (Fsp3) is 0.500. The lowest BCUT2D eigenvalue weighted by atomic mass is 9.87. The Morgan fingerprint density at radius 2 is 1.56 bits per heavy atom. The molecule has 34 heavy (non-hydrogen) atoms. The summed E-state index contributed by atoms with van der Waals surface area (Å²) in [5.74, 6) is 0.0189. The monoisotopic (exact) mass is 484 g/mol. The predicted octanol–water partition coefficient (Wildman–Crippen LogP) is 3.04. The summed E-state index contributed by atoms with van der Waals surface area (Å²) >= 11 is 0. The molecule has 2 N–H and O–H groups in total. The van der Waals surface area contributed by atoms with Crippen molar-refractivity contribution in [3.63, 3.8) is 0 Å². The largest absolute Gasteiger partial charge is 0.339 e. The third-order valence-corrected chi connectivity index (χ3v) is 8.96. The van der Waals surface area contributed by atoms with E-state index in [-0.39, 0.29) is 23.4 Å². The molecule has 2 aromatic carbocycles. The summed E-state index contributed by atoms with van der Waals surface area (Å²) in [7, 11) is -3.58. The van der Waals surface area contributed by atoms with Crippen LogP contribution in [0.25, 0.3) is 0 Å². The van der Waals surface area contributed by atoms with Crippen molar-refractivity contribution in [1.29, 1.82) is 0 Å². The molecule has 0 bridgehead atoms. The summed E-state index contributed by atoms with van der Waals surface area (Å²) in [6, 6.07) is 13.3. The molecule has 2 unspecified atom stereocenters. The number of aryl methyl sites for hydroxylation is 2. The molecule has 2 heterocycles. The molecule has 7 nitrogen and oxygen atoms in total. The van der Waals surface area contributed by atoms with Gasteiger partial charge in [-0.1, -0.05) is 51.1 Å². The van der Waals surface area contributed by atoms with Crippen LogP contribution in [0.3, 0.4) is 0 Å². The minimum Gasteiger partial charge on any atom is -0.339 e. The van der Waals surface area contributed by atoms with E-state index in [0.717, 1.165) is 5.56 Å². The first-order valence-electron chi connectivity index (χ1n) is 11.9. The lowest BCUT2D eigenvalue weighted by Crippen LogP contribution is -2.54. The summed E-state index contributed by atoms with van der Waals surface area (Å²) in [6.07, 6.45) is 0.667. The topological polar surface area (TPSA) is 81.8 Å². The van der Waals surface area contributed by atoms with E-state index in [4.69, 9.17) is 0 Å². The van der Waals surface area contributed by atoms with Crippen molar-refractivity contribution >= 4 is 15.9 Å². The molecule has 4 rings (SSSR count). The van der Waals surface area contributed by atoms with Gasteiger partial charge in [0.15, 0.2) is 0 Å². The van der Waals surface area contributed by atoms with Gasteiger partial charge in [-0.3, -0.25) is 4.79 Å². The summed E-state index contributed by atoms with van der Waals surface area (Å²) in [6.45, 7) is 11.9. The second kappa shape index (κ2) is 9.41. The van der Waals surface area contributed by atoms with Gasteiger partial charge in [0.1, 0.15) is 6.04 Å². The van der Waals surface area contributed by atoms with Crippen LogP contribution in [0.5, 0.6) is 0 Å². The van der Waals surface area contributed by atoms with Gasteiger partial charge < -0.3 is 4.90 Å². The number of carbonyl (C=O) groups is 1. The highest BCUT2D eigenvalue weighted by Crippen LogP contribution is 2.27. The molecule has 2 fully saturated rings. The van der Waals surface area contributed by atoms with Gasteiger partial charge in [0, 0.05) is 32.2 Å². The van der Waals surface area contributed by atoms with Gasteiger partial charge in [0.25, 0.3) is 0 Å². The minimum atomic E-state index is -3.58. The fourth-order valence-electron chi connectivity index (χ4n) is 4.56.